The van der Waals surface area contributed by atoms with Crippen LogP contribution in [0, 0.1) is 0 Å². The molecule has 0 aliphatic rings. The number of pyridine rings is 2. The summed E-state index contributed by atoms with van der Waals surface area (Å²) < 4.78 is 0. The third kappa shape index (κ3) is 3.94. The minimum atomic E-state index is -0.169. The fourth-order valence-corrected chi connectivity index (χ4v) is 2.39. The normalized spacial score (nSPS) is 11.0. The van der Waals surface area contributed by atoms with Gasteiger partial charge in [-0.3, -0.25) is 4.79 Å². The number of carbonyl (C=O) groups is 1. The van der Waals surface area contributed by atoms with Crippen molar-refractivity contribution in [2.45, 2.75) is 6.42 Å². The summed E-state index contributed by atoms with van der Waals surface area (Å²) in [7, 11) is 4.10. The molecule has 0 saturated heterocycles. The van der Waals surface area contributed by atoms with Crippen LogP contribution in [0.2, 0.25) is 0 Å². The summed E-state index contributed by atoms with van der Waals surface area (Å²) >= 11 is 0. The van der Waals surface area contributed by atoms with Crippen molar-refractivity contribution in [1.82, 2.24) is 14.9 Å². The molecular formula is C19H20N4O. The minimum absolute atomic E-state index is 0.169. The second kappa shape index (κ2) is 7.19. The van der Waals surface area contributed by atoms with E-state index in [-0.39, 0.29) is 5.91 Å². The highest BCUT2D eigenvalue weighted by atomic mass is 16.1. The zero-order chi connectivity index (χ0) is 16.9. The first-order valence-corrected chi connectivity index (χ1v) is 7.88. The number of amides is 1. The van der Waals surface area contributed by atoms with Crippen molar-refractivity contribution in [3.05, 3.63) is 65.9 Å². The van der Waals surface area contributed by atoms with Crippen LogP contribution in [0.3, 0.4) is 0 Å². The van der Waals surface area contributed by atoms with E-state index in [1.165, 1.54) is 5.56 Å². The summed E-state index contributed by atoms with van der Waals surface area (Å²) in [4.78, 5) is 23.0. The van der Waals surface area contributed by atoms with Crippen molar-refractivity contribution in [2.24, 2.45) is 0 Å². The van der Waals surface area contributed by atoms with E-state index in [2.05, 4.69) is 20.2 Å². The first-order valence-electron chi connectivity index (χ1n) is 7.88. The van der Waals surface area contributed by atoms with Crippen molar-refractivity contribution < 1.29 is 4.79 Å². The van der Waals surface area contributed by atoms with E-state index in [0.29, 0.717) is 17.0 Å². The van der Waals surface area contributed by atoms with Gasteiger partial charge < -0.3 is 10.2 Å². The number of fused-ring (bicyclic) bond motifs is 1. The van der Waals surface area contributed by atoms with Crippen molar-refractivity contribution >= 4 is 22.8 Å². The topological polar surface area (TPSA) is 58.1 Å². The molecule has 0 radical (unpaired) electrons. The minimum Gasteiger partial charge on any atom is -0.309 e. The molecule has 0 spiro atoms. The van der Waals surface area contributed by atoms with Crippen LogP contribution in [0.1, 0.15) is 15.9 Å². The van der Waals surface area contributed by atoms with Crippen LogP contribution in [0.15, 0.2) is 54.7 Å². The van der Waals surface area contributed by atoms with Crippen LogP contribution in [-0.2, 0) is 6.42 Å². The summed E-state index contributed by atoms with van der Waals surface area (Å²) in [6.45, 7) is 0.986. The lowest BCUT2D eigenvalue weighted by atomic mass is 10.1. The lowest BCUT2D eigenvalue weighted by Gasteiger charge is -2.10. The molecule has 3 rings (SSSR count). The van der Waals surface area contributed by atoms with Crippen LogP contribution in [0.4, 0.5) is 5.82 Å². The number of nitrogens with zero attached hydrogens (tertiary/aromatic N) is 3. The average molecular weight is 320 g/mol. The van der Waals surface area contributed by atoms with Crippen LogP contribution in [0.25, 0.3) is 11.0 Å². The molecule has 1 aromatic carbocycles. The van der Waals surface area contributed by atoms with E-state index >= 15 is 0 Å². The Morgan fingerprint density at radius 2 is 1.88 bits per heavy atom. The molecule has 122 valence electrons. The molecule has 0 bridgehead atoms. The molecule has 3 aromatic rings. The van der Waals surface area contributed by atoms with Gasteiger partial charge in [-0.15, -0.1) is 0 Å². The molecule has 24 heavy (non-hydrogen) atoms. The highest BCUT2D eigenvalue weighted by molar-refractivity contribution is 6.04. The zero-order valence-electron chi connectivity index (χ0n) is 13.9. The van der Waals surface area contributed by atoms with Gasteiger partial charge in [0, 0.05) is 23.7 Å². The molecule has 0 saturated carbocycles. The highest BCUT2D eigenvalue weighted by Crippen LogP contribution is 2.14. The summed E-state index contributed by atoms with van der Waals surface area (Å²) in [5.74, 6) is 0.333. The van der Waals surface area contributed by atoms with Gasteiger partial charge in [0.1, 0.15) is 5.82 Å². The van der Waals surface area contributed by atoms with Gasteiger partial charge in [0.15, 0.2) is 5.65 Å². The molecule has 2 aromatic heterocycles. The molecule has 1 amide bonds. The van der Waals surface area contributed by atoms with Gasteiger partial charge in [0.25, 0.3) is 5.91 Å². The van der Waals surface area contributed by atoms with E-state index in [4.69, 9.17) is 0 Å². The number of hydrogen-bond donors (Lipinski definition) is 1. The van der Waals surface area contributed by atoms with Gasteiger partial charge in [-0.1, -0.05) is 12.1 Å². The fourth-order valence-electron chi connectivity index (χ4n) is 2.39. The van der Waals surface area contributed by atoms with E-state index in [0.717, 1.165) is 18.4 Å². The summed E-state index contributed by atoms with van der Waals surface area (Å²) in [5, 5.41) is 3.77. The van der Waals surface area contributed by atoms with Gasteiger partial charge in [-0.2, -0.15) is 0 Å². The van der Waals surface area contributed by atoms with Crippen LogP contribution in [-0.4, -0.2) is 41.4 Å². The second-order valence-corrected chi connectivity index (χ2v) is 5.95. The largest absolute Gasteiger partial charge is 0.309 e. The van der Waals surface area contributed by atoms with Gasteiger partial charge in [-0.25, -0.2) is 9.97 Å². The van der Waals surface area contributed by atoms with Gasteiger partial charge in [0.2, 0.25) is 0 Å². The monoisotopic (exact) mass is 320 g/mol. The number of benzene rings is 1. The van der Waals surface area contributed by atoms with Crippen molar-refractivity contribution in [3.63, 3.8) is 0 Å². The molecule has 0 atom stereocenters. The first-order chi connectivity index (χ1) is 11.6. The van der Waals surface area contributed by atoms with E-state index < -0.39 is 0 Å². The number of hydrogen-bond acceptors (Lipinski definition) is 4. The molecule has 0 aliphatic heterocycles. The third-order valence-corrected chi connectivity index (χ3v) is 3.77. The summed E-state index contributed by atoms with van der Waals surface area (Å²) in [6, 6.07) is 15.2. The van der Waals surface area contributed by atoms with E-state index in [1.54, 1.807) is 12.3 Å². The van der Waals surface area contributed by atoms with Gasteiger partial charge in [-0.05, 0) is 62.5 Å². The predicted octanol–water partition coefficient (Wildman–Crippen LogP) is 2.99. The maximum Gasteiger partial charge on any atom is 0.256 e. The van der Waals surface area contributed by atoms with Gasteiger partial charge >= 0.3 is 0 Å². The molecule has 0 unspecified atom stereocenters. The van der Waals surface area contributed by atoms with Crippen molar-refractivity contribution in [1.29, 1.82) is 0 Å². The second-order valence-electron chi connectivity index (χ2n) is 5.95. The Labute approximate surface area is 141 Å². The smallest absolute Gasteiger partial charge is 0.256 e. The number of anilines is 1. The number of likely N-dealkylation sites (N-methyl/N-ethyl adjacent to an activating group) is 1. The van der Waals surface area contributed by atoms with E-state index in [1.807, 2.05) is 56.6 Å². The summed E-state index contributed by atoms with van der Waals surface area (Å²) in [5.41, 5.74) is 2.45. The fraction of sp³-hybridized carbons (Fsp3) is 0.211. The Hall–Kier alpha value is -2.79. The van der Waals surface area contributed by atoms with Crippen LogP contribution < -0.4 is 5.32 Å². The Morgan fingerprint density at radius 1 is 1.08 bits per heavy atom. The highest BCUT2D eigenvalue weighted by Gasteiger charge is 2.08. The predicted molar refractivity (Wildman–Crippen MR) is 96.2 cm³/mol. The lowest BCUT2D eigenvalue weighted by Crippen LogP contribution is -2.15. The quantitative estimate of drug-likeness (QED) is 0.785. The Balaban J connectivity index is 1.69. The molecule has 0 aliphatic carbocycles. The lowest BCUT2D eigenvalue weighted by molar-refractivity contribution is 0.102. The van der Waals surface area contributed by atoms with Gasteiger partial charge in [0.05, 0.1) is 0 Å². The van der Waals surface area contributed by atoms with Crippen LogP contribution in [0.5, 0.6) is 0 Å². The maximum atomic E-state index is 12.3. The average Bonchev–Trinajstić information content (AvgIpc) is 2.60. The van der Waals surface area contributed by atoms with Crippen molar-refractivity contribution in [3.8, 4) is 0 Å². The maximum absolute atomic E-state index is 12.3. The SMILES string of the molecule is CN(C)CCc1ccc(C(=O)Nc2ccc3cccnc3n2)cc1. The molecule has 1 N–H and O–H groups in total. The molecule has 0 fully saturated rings. The Bertz CT molecular complexity index is 843. The van der Waals surface area contributed by atoms with Crippen LogP contribution >= 0.6 is 0 Å². The molecular weight excluding hydrogens is 300 g/mol. The first kappa shape index (κ1) is 16.1. The summed E-state index contributed by atoms with van der Waals surface area (Å²) in [6.07, 6.45) is 2.65. The van der Waals surface area contributed by atoms with E-state index in [9.17, 15) is 4.79 Å². The molecule has 2 heterocycles. The van der Waals surface area contributed by atoms with Crippen molar-refractivity contribution in [2.75, 3.05) is 26.0 Å². The zero-order valence-corrected chi connectivity index (χ0v) is 13.9. The molecule has 5 heteroatoms. The number of aromatic nitrogens is 2. The Kier molecular flexibility index (Phi) is 4.82. The number of rotatable bonds is 5. The standard InChI is InChI=1S/C19H20N4O/c1-23(2)13-11-14-5-7-16(8-6-14)19(24)22-17-10-9-15-4-3-12-20-18(15)21-17/h3-10,12H,11,13H2,1-2H3,(H,20,21,22,24). The third-order valence-electron chi connectivity index (χ3n) is 3.77. The molecule has 5 nitrogen and oxygen atoms in total. The number of nitrogens with one attached hydrogen (secondary N) is 1. The Morgan fingerprint density at radius 3 is 2.62 bits per heavy atom. The number of carbonyl (C=O) groups excluding carboxylic acids is 1.